The molecule has 0 radical (unpaired) electrons. The molecule has 2 aliphatic rings. The number of carbonyl (C=O) groups is 3. The zero-order valence-electron chi connectivity index (χ0n) is 24.0. The largest absolute Gasteiger partial charge is 0.369 e. The topological polar surface area (TPSA) is 107 Å². The van der Waals surface area contributed by atoms with Crippen LogP contribution in [0.3, 0.4) is 0 Å². The predicted molar refractivity (Wildman–Crippen MR) is 154 cm³/mol. The number of nitrogens with one attached hydrogen (secondary N) is 2. The molecule has 2 heterocycles. The van der Waals surface area contributed by atoms with Crippen molar-refractivity contribution < 1.29 is 32.8 Å². The van der Waals surface area contributed by atoms with Crippen molar-refractivity contribution in [2.24, 2.45) is 0 Å². The number of halogens is 3. The molecule has 2 N–H and O–H groups in total. The predicted octanol–water partition coefficient (Wildman–Crippen LogP) is 3.54. The van der Waals surface area contributed by atoms with Crippen molar-refractivity contribution in [2.45, 2.75) is 38.5 Å². The normalized spacial score (nSPS) is 17.7. The number of likely N-dealkylation sites (N-methyl/N-ethyl adjacent to an activating group) is 1. The molecule has 1 unspecified atom stereocenters. The monoisotopic (exact) mass is 620 g/mol. The highest BCUT2D eigenvalue weighted by Crippen LogP contribution is 2.26. The lowest BCUT2D eigenvalue weighted by Gasteiger charge is -2.34. The van der Waals surface area contributed by atoms with E-state index in [1.54, 1.807) is 29.2 Å². The van der Waals surface area contributed by atoms with Gasteiger partial charge in [-0.05, 0) is 48.9 Å². The minimum Gasteiger partial charge on any atom is -0.340 e. The van der Waals surface area contributed by atoms with Crippen LogP contribution >= 0.6 is 11.6 Å². The van der Waals surface area contributed by atoms with Gasteiger partial charge in [0.15, 0.2) is 0 Å². The van der Waals surface area contributed by atoms with Gasteiger partial charge in [0.2, 0.25) is 11.8 Å². The van der Waals surface area contributed by atoms with E-state index in [1.807, 2.05) is 7.05 Å². The van der Waals surface area contributed by atoms with Gasteiger partial charge in [0.05, 0.1) is 17.7 Å². The van der Waals surface area contributed by atoms with Crippen LogP contribution in [0, 0.1) is 11.6 Å². The molecule has 0 aromatic heterocycles. The molecule has 2 aliphatic heterocycles. The molecule has 2 aromatic rings. The zero-order chi connectivity index (χ0) is 30.9. The van der Waals surface area contributed by atoms with Gasteiger partial charge in [-0.25, -0.2) is 24.5 Å². The summed E-state index contributed by atoms with van der Waals surface area (Å²) in [6, 6.07) is 8.74. The van der Waals surface area contributed by atoms with Gasteiger partial charge in [-0.3, -0.25) is 24.3 Å². The van der Waals surface area contributed by atoms with Crippen LogP contribution < -0.4 is 10.9 Å². The first kappa shape index (κ1) is 32.3. The van der Waals surface area contributed by atoms with E-state index in [4.69, 9.17) is 21.3 Å². The summed E-state index contributed by atoms with van der Waals surface area (Å²) < 4.78 is 27.5. The second-order valence-electron chi connectivity index (χ2n) is 10.3. The molecular weight excluding hydrogens is 586 g/mol. The first-order valence-electron chi connectivity index (χ1n) is 13.9. The van der Waals surface area contributed by atoms with Gasteiger partial charge in [0.25, 0.3) is 0 Å². The third kappa shape index (κ3) is 8.94. The van der Waals surface area contributed by atoms with Crippen molar-refractivity contribution in [3.05, 3.63) is 82.5 Å². The Morgan fingerprint density at radius 1 is 1.14 bits per heavy atom. The number of rotatable bonds is 11. The average molecular weight is 621 g/mol. The average Bonchev–Trinajstić information content (AvgIpc) is 3.48. The maximum atomic E-state index is 14.0. The van der Waals surface area contributed by atoms with Crippen LogP contribution in [0.25, 0.3) is 0 Å². The first-order valence-corrected chi connectivity index (χ1v) is 14.2. The van der Waals surface area contributed by atoms with E-state index in [0.29, 0.717) is 24.2 Å². The number of hydroxylamine groups is 3. The Labute approximate surface area is 253 Å². The van der Waals surface area contributed by atoms with Crippen LogP contribution in [0.2, 0.25) is 5.02 Å². The first-order chi connectivity index (χ1) is 20.6. The number of amides is 4. The smallest absolute Gasteiger partial charge is 0.340 e. The van der Waals surface area contributed by atoms with Gasteiger partial charge < -0.3 is 9.80 Å². The van der Waals surface area contributed by atoms with E-state index in [0.717, 1.165) is 18.2 Å². The van der Waals surface area contributed by atoms with Gasteiger partial charge in [-0.2, -0.15) is 5.06 Å². The van der Waals surface area contributed by atoms with Gasteiger partial charge >= 0.3 is 6.03 Å². The third-order valence-corrected chi connectivity index (χ3v) is 7.58. The third-order valence-electron chi connectivity index (χ3n) is 7.16. The summed E-state index contributed by atoms with van der Waals surface area (Å²) in [6.45, 7) is 3.94. The van der Waals surface area contributed by atoms with Crippen LogP contribution in [0.4, 0.5) is 13.6 Å². The summed E-state index contributed by atoms with van der Waals surface area (Å²) in [5.74, 6) is -1.46. The Kier molecular flexibility index (Phi) is 11.4. The lowest BCUT2D eigenvalue weighted by Crippen LogP contribution is -2.52. The van der Waals surface area contributed by atoms with Gasteiger partial charge in [0.1, 0.15) is 17.7 Å². The molecule has 0 saturated carbocycles. The molecule has 0 bridgehead atoms. The Morgan fingerprint density at radius 3 is 2.60 bits per heavy atom. The lowest BCUT2D eigenvalue weighted by molar-refractivity contribution is -0.141. The van der Waals surface area contributed by atoms with Crippen LogP contribution in [-0.2, 0) is 25.8 Å². The van der Waals surface area contributed by atoms with E-state index in [1.165, 1.54) is 42.4 Å². The summed E-state index contributed by atoms with van der Waals surface area (Å²) in [7, 11) is 2.00. The summed E-state index contributed by atoms with van der Waals surface area (Å²) >= 11 is 6.09. The van der Waals surface area contributed by atoms with E-state index in [2.05, 4.69) is 15.8 Å². The molecule has 43 heavy (non-hydrogen) atoms. The van der Waals surface area contributed by atoms with Gasteiger partial charge in [0, 0.05) is 52.3 Å². The Bertz CT molecular complexity index is 1330. The van der Waals surface area contributed by atoms with Gasteiger partial charge in [-0.15, -0.1) is 0 Å². The second-order valence-corrected chi connectivity index (χ2v) is 10.7. The van der Waals surface area contributed by atoms with E-state index < -0.39 is 29.8 Å². The van der Waals surface area contributed by atoms with Crippen molar-refractivity contribution in [1.82, 2.24) is 30.8 Å². The maximum Gasteiger partial charge on any atom is 0.369 e. The molecule has 0 spiro atoms. The quantitative estimate of drug-likeness (QED) is 0.370. The molecule has 1 fully saturated rings. The molecule has 2 aromatic carbocycles. The van der Waals surface area contributed by atoms with Crippen molar-refractivity contribution in [3.8, 4) is 0 Å². The molecule has 0 aliphatic carbocycles. The number of hydrogen-bond donors (Lipinski definition) is 2. The Hall–Kier alpha value is -3.62. The SMILES string of the molecule is CC(=O)N(NCc1cccc(F)c1Cl)[C@@H](CCC(=O)N1CCN(C)CC1)CONC(=O)N1C=CC(c2cccc(F)c2)O1. The number of carbonyl (C=O) groups excluding carboxylic acids is 3. The standard InChI is InChI=1S/C29H35ClF2N6O5/c1-20(39)38(33-18-22-6-4-8-25(32)28(22)30)24(9-10-27(40)36-15-13-35(2)14-16-36)19-42-34-29(41)37-12-11-26(43-37)21-5-3-7-23(31)17-21/h3-8,11-12,17,24,26,33H,9-10,13-16,18-19H2,1-2H3,(H,34,41)/t24-,26?/m0/s1. The summed E-state index contributed by atoms with van der Waals surface area (Å²) in [5, 5.41) is 2.13. The second kappa shape index (κ2) is 15.2. The van der Waals surface area contributed by atoms with Crippen LogP contribution in [0.5, 0.6) is 0 Å². The Morgan fingerprint density at radius 2 is 1.88 bits per heavy atom. The highest BCUT2D eigenvalue weighted by Gasteiger charge is 2.28. The highest BCUT2D eigenvalue weighted by molar-refractivity contribution is 6.31. The fourth-order valence-electron chi connectivity index (χ4n) is 4.71. The number of hydrazine groups is 1. The van der Waals surface area contributed by atoms with Crippen LogP contribution in [0.1, 0.15) is 37.0 Å². The molecule has 2 atom stereocenters. The van der Waals surface area contributed by atoms with Crippen molar-refractivity contribution in [3.63, 3.8) is 0 Å². The number of piperazine rings is 1. The van der Waals surface area contributed by atoms with Crippen molar-refractivity contribution in [2.75, 3.05) is 39.8 Å². The van der Waals surface area contributed by atoms with Crippen LogP contribution in [-0.4, -0.2) is 83.6 Å². The number of urea groups is 1. The molecule has 14 heteroatoms. The minimum absolute atomic E-state index is 0.0271. The van der Waals surface area contributed by atoms with Crippen molar-refractivity contribution in [1.29, 1.82) is 0 Å². The minimum atomic E-state index is -0.753. The fraction of sp³-hybridized carbons (Fsp3) is 0.414. The van der Waals surface area contributed by atoms with Gasteiger partial charge in [-0.1, -0.05) is 35.9 Å². The van der Waals surface area contributed by atoms with E-state index in [-0.39, 0.29) is 42.8 Å². The molecule has 11 nitrogen and oxygen atoms in total. The van der Waals surface area contributed by atoms with Crippen LogP contribution in [0.15, 0.2) is 54.7 Å². The summed E-state index contributed by atoms with van der Waals surface area (Å²) in [4.78, 5) is 53.3. The van der Waals surface area contributed by atoms with E-state index in [9.17, 15) is 23.2 Å². The Balaban J connectivity index is 1.37. The molecule has 4 amide bonds. The number of hydrogen-bond acceptors (Lipinski definition) is 7. The fourth-order valence-corrected chi connectivity index (χ4v) is 4.90. The molecule has 4 rings (SSSR count). The summed E-state index contributed by atoms with van der Waals surface area (Å²) in [5.41, 5.74) is 6.20. The molecular formula is C29H35ClF2N6O5. The summed E-state index contributed by atoms with van der Waals surface area (Å²) in [6.07, 6.45) is 2.64. The van der Waals surface area contributed by atoms with E-state index >= 15 is 0 Å². The molecule has 232 valence electrons. The van der Waals surface area contributed by atoms with Crippen molar-refractivity contribution >= 4 is 29.4 Å². The maximum absolute atomic E-state index is 14.0. The molecule has 1 saturated heterocycles. The zero-order valence-corrected chi connectivity index (χ0v) is 24.7. The highest BCUT2D eigenvalue weighted by atomic mass is 35.5. The lowest BCUT2D eigenvalue weighted by atomic mass is 10.1. The number of benzene rings is 2. The number of nitrogens with zero attached hydrogens (tertiary/aromatic N) is 4.